The Bertz CT molecular complexity index is 469. The van der Waals surface area contributed by atoms with E-state index in [1.807, 2.05) is 12.1 Å². The molecular formula is C11H17N3O2S. The van der Waals surface area contributed by atoms with E-state index in [1.54, 1.807) is 12.4 Å². The van der Waals surface area contributed by atoms with Crippen LogP contribution in [0.15, 0.2) is 24.5 Å². The minimum Gasteiger partial charge on any atom is -0.329 e. The number of hydrogen-bond acceptors (Lipinski definition) is 4. The number of nitrogens with one attached hydrogen (secondary N) is 1. The molecule has 1 saturated carbocycles. The lowest BCUT2D eigenvalue weighted by Crippen LogP contribution is -2.43. The summed E-state index contributed by atoms with van der Waals surface area (Å²) in [7, 11) is -3.24. The van der Waals surface area contributed by atoms with Gasteiger partial charge < -0.3 is 5.73 Å². The summed E-state index contributed by atoms with van der Waals surface area (Å²) in [4.78, 5) is 3.89. The minimum absolute atomic E-state index is 0.0960. The lowest BCUT2D eigenvalue weighted by atomic mass is 10.2. The summed E-state index contributed by atoms with van der Waals surface area (Å²) < 4.78 is 26.4. The Labute approximate surface area is 101 Å². The maximum Gasteiger partial charge on any atom is 0.212 e. The molecular weight excluding hydrogens is 238 g/mol. The van der Waals surface area contributed by atoms with Crippen LogP contribution in [0, 0.1) is 0 Å². The van der Waals surface area contributed by atoms with E-state index in [4.69, 9.17) is 5.73 Å². The zero-order valence-corrected chi connectivity index (χ0v) is 10.4. The summed E-state index contributed by atoms with van der Waals surface area (Å²) in [5.41, 5.74) is 6.17. The average molecular weight is 255 g/mol. The summed E-state index contributed by atoms with van der Waals surface area (Å²) in [6.45, 7) is 0.376. The Morgan fingerprint density at radius 2 is 2.00 bits per heavy atom. The molecule has 0 radical (unpaired) electrons. The first kappa shape index (κ1) is 12.5. The van der Waals surface area contributed by atoms with E-state index in [0.29, 0.717) is 13.0 Å². The SMILES string of the molecule is NCC1(NS(=O)(=O)CCc2ccncc2)CC1. The molecule has 17 heavy (non-hydrogen) atoms. The van der Waals surface area contributed by atoms with Gasteiger partial charge >= 0.3 is 0 Å². The van der Waals surface area contributed by atoms with Gasteiger partial charge in [-0.1, -0.05) is 0 Å². The van der Waals surface area contributed by atoms with Crippen LogP contribution in [0.2, 0.25) is 0 Å². The van der Waals surface area contributed by atoms with Crippen LogP contribution in [0.3, 0.4) is 0 Å². The molecule has 3 N–H and O–H groups in total. The number of pyridine rings is 1. The quantitative estimate of drug-likeness (QED) is 0.751. The van der Waals surface area contributed by atoms with Crippen LogP contribution in [-0.4, -0.2) is 31.2 Å². The fourth-order valence-corrected chi connectivity index (χ4v) is 3.24. The molecule has 1 aliphatic carbocycles. The highest BCUT2D eigenvalue weighted by atomic mass is 32.2. The van der Waals surface area contributed by atoms with Gasteiger partial charge in [0.15, 0.2) is 0 Å². The van der Waals surface area contributed by atoms with E-state index in [1.165, 1.54) is 0 Å². The van der Waals surface area contributed by atoms with Gasteiger partial charge in [-0.2, -0.15) is 0 Å². The maximum atomic E-state index is 11.8. The van der Waals surface area contributed by atoms with Crippen LogP contribution in [-0.2, 0) is 16.4 Å². The third kappa shape index (κ3) is 3.49. The van der Waals surface area contributed by atoms with E-state index in [2.05, 4.69) is 9.71 Å². The topological polar surface area (TPSA) is 85.1 Å². The number of aromatic nitrogens is 1. The molecule has 0 spiro atoms. The second-order valence-corrected chi connectivity index (χ2v) is 6.35. The Morgan fingerprint density at radius 3 is 2.53 bits per heavy atom. The van der Waals surface area contributed by atoms with Gasteiger partial charge in [0.2, 0.25) is 10.0 Å². The van der Waals surface area contributed by atoms with Crippen LogP contribution < -0.4 is 10.5 Å². The van der Waals surface area contributed by atoms with Crippen LogP contribution in [0.4, 0.5) is 0 Å². The minimum atomic E-state index is -3.24. The number of nitrogens with two attached hydrogens (primary N) is 1. The van der Waals surface area contributed by atoms with Crippen molar-refractivity contribution in [2.24, 2.45) is 5.73 Å². The second kappa shape index (κ2) is 4.72. The van der Waals surface area contributed by atoms with Crippen molar-refractivity contribution in [3.63, 3.8) is 0 Å². The normalized spacial score (nSPS) is 17.9. The summed E-state index contributed by atoms with van der Waals surface area (Å²) in [6.07, 6.45) is 5.52. The average Bonchev–Trinajstić information content (AvgIpc) is 3.08. The van der Waals surface area contributed by atoms with Gasteiger partial charge in [0.1, 0.15) is 0 Å². The van der Waals surface area contributed by atoms with Gasteiger partial charge in [0, 0.05) is 24.5 Å². The van der Waals surface area contributed by atoms with E-state index in [-0.39, 0.29) is 11.3 Å². The van der Waals surface area contributed by atoms with Crippen molar-refractivity contribution in [1.29, 1.82) is 0 Å². The zero-order chi connectivity index (χ0) is 12.4. The molecule has 0 aliphatic heterocycles. The highest BCUT2D eigenvalue weighted by Gasteiger charge is 2.44. The van der Waals surface area contributed by atoms with Crippen LogP contribution in [0.1, 0.15) is 18.4 Å². The number of hydrogen-bond donors (Lipinski definition) is 2. The highest BCUT2D eigenvalue weighted by molar-refractivity contribution is 7.89. The van der Waals surface area contributed by atoms with Crippen molar-refractivity contribution in [3.05, 3.63) is 30.1 Å². The van der Waals surface area contributed by atoms with Crippen molar-refractivity contribution in [3.8, 4) is 0 Å². The van der Waals surface area contributed by atoms with Crippen molar-refractivity contribution in [2.45, 2.75) is 24.8 Å². The second-order valence-electron chi connectivity index (χ2n) is 4.51. The fourth-order valence-electron chi connectivity index (χ4n) is 1.68. The molecule has 0 unspecified atom stereocenters. The number of nitrogens with zero attached hydrogens (tertiary/aromatic N) is 1. The number of sulfonamides is 1. The van der Waals surface area contributed by atoms with Crippen molar-refractivity contribution in [2.75, 3.05) is 12.3 Å². The maximum absolute atomic E-state index is 11.8. The standard InChI is InChI=1S/C11H17N3O2S/c12-9-11(4-5-11)14-17(15,16)8-3-10-1-6-13-7-2-10/h1-2,6-7,14H,3-5,8-9,12H2. The van der Waals surface area contributed by atoms with Crippen LogP contribution in [0.5, 0.6) is 0 Å². The monoisotopic (exact) mass is 255 g/mol. The van der Waals surface area contributed by atoms with E-state index in [9.17, 15) is 8.42 Å². The predicted molar refractivity (Wildman–Crippen MR) is 65.9 cm³/mol. The number of aryl methyl sites for hydroxylation is 1. The van der Waals surface area contributed by atoms with E-state index < -0.39 is 10.0 Å². The van der Waals surface area contributed by atoms with Gasteiger partial charge in [0.05, 0.1) is 5.75 Å². The molecule has 94 valence electrons. The smallest absolute Gasteiger partial charge is 0.212 e. The Kier molecular flexibility index (Phi) is 3.46. The summed E-state index contributed by atoms with van der Waals surface area (Å²) in [6, 6.07) is 3.65. The molecule has 2 rings (SSSR count). The first-order valence-electron chi connectivity index (χ1n) is 5.66. The molecule has 1 aliphatic rings. The molecule has 5 nitrogen and oxygen atoms in total. The van der Waals surface area contributed by atoms with Crippen molar-refractivity contribution < 1.29 is 8.42 Å². The Hall–Kier alpha value is -0.980. The van der Waals surface area contributed by atoms with E-state index >= 15 is 0 Å². The van der Waals surface area contributed by atoms with Gasteiger partial charge in [0.25, 0.3) is 0 Å². The third-order valence-corrected chi connectivity index (χ3v) is 4.51. The van der Waals surface area contributed by atoms with E-state index in [0.717, 1.165) is 18.4 Å². The molecule has 0 atom stereocenters. The molecule has 0 bridgehead atoms. The molecule has 1 aromatic heterocycles. The first-order chi connectivity index (χ1) is 8.05. The summed E-state index contributed by atoms with van der Waals surface area (Å²) in [5.74, 6) is 0.0960. The number of rotatable bonds is 6. The van der Waals surface area contributed by atoms with Gasteiger partial charge in [-0.05, 0) is 37.0 Å². The van der Waals surface area contributed by atoms with Crippen molar-refractivity contribution in [1.82, 2.24) is 9.71 Å². The third-order valence-electron chi connectivity index (χ3n) is 3.03. The largest absolute Gasteiger partial charge is 0.329 e. The molecule has 0 amide bonds. The molecule has 1 heterocycles. The molecule has 6 heteroatoms. The first-order valence-corrected chi connectivity index (χ1v) is 7.31. The summed E-state index contributed by atoms with van der Waals surface area (Å²) >= 11 is 0. The predicted octanol–water partition coefficient (Wildman–Crippen LogP) is 0.0348. The molecule has 0 aromatic carbocycles. The highest BCUT2D eigenvalue weighted by Crippen LogP contribution is 2.34. The summed E-state index contributed by atoms with van der Waals surface area (Å²) in [5, 5.41) is 0. The Morgan fingerprint density at radius 1 is 1.35 bits per heavy atom. The lowest BCUT2D eigenvalue weighted by molar-refractivity contribution is 0.544. The van der Waals surface area contributed by atoms with Gasteiger partial charge in [-0.25, -0.2) is 13.1 Å². The fraction of sp³-hybridized carbons (Fsp3) is 0.545. The van der Waals surface area contributed by atoms with Gasteiger partial charge in [-0.15, -0.1) is 0 Å². The lowest BCUT2D eigenvalue weighted by Gasteiger charge is -2.14. The van der Waals surface area contributed by atoms with Crippen LogP contribution >= 0.6 is 0 Å². The van der Waals surface area contributed by atoms with Crippen LogP contribution in [0.25, 0.3) is 0 Å². The van der Waals surface area contributed by atoms with Crippen molar-refractivity contribution >= 4 is 10.0 Å². The zero-order valence-electron chi connectivity index (χ0n) is 9.59. The Balaban J connectivity index is 1.90. The molecule has 1 fully saturated rings. The van der Waals surface area contributed by atoms with Gasteiger partial charge in [-0.3, -0.25) is 4.98 Å². The molecule has 1 aromatic rings. The molecule has 0 saturated heterocycles.